The summed E-state index contributed by atoms with van der Waals surface area (Å²) < 4.78 is 37.4. The van der Waals surface area contributed by atoms with E-state index in [-0.39, 0.29) is 56.1 Å². The van der Waals surface area contributed by atoms with Gasteiger partial charge in [0.25, 0.3) is 0 Å². The van der Waals surface area contributed by atoms with Crippen LogP contribution in [0.4, 0.5) is 13.2 Å². The van der Waals surface area contributed by atoms with E-state index in [0.29, 0.717) is 19.5 Å². The van der Waals surface area contributed by atoms with Crippen LogP contribution in [0.3, 0.4) is 0 Å². The molecule has 0 radical (unpaired) electrons. The molecule has 1 heterocycles. The van der Waals surface area contributed by atoms with Gasteiger partial charge in [-0.15, -0.1) is 17.0 Å². The van der Waals surface area contributed by atoms with Crippen molar-refractivity contribution in [1.29, 1.82) is 0 Å². The summed E-state index contributed by atoms with van der Waals surface area (Å²) >= 11 is 6.02. The lowest BCUT2D eigenvalue weighted by molar-refractivity contribution is -0.0328. The summed E-state index contributed by atoms with van der Waals surface area (Å²) in [6.45, 7) is 1.20. The van der Waals surface area contributed by atoms with Crippen LogP contribution < -0.4 is 5.32 Å². The van der Waals surface area contributed by atoms with Gasteiger partial charge in [0.2, 0.25) is 0 Å². The van der Waals surface area contributed by atoms with Gasteiger partial charge >= 0.3 is 5.51 Å². The molecule has 0 spiro atoms. The average molecular weight is 471 g/mol. The van der Waals surface area contributed by atoms with Crippen LogP contribution in [0.25, 0.3) is 0 Å². The van der Waals surface area contributed by atoms with Crippen LogP contribution in [-0.4, -0.2) is 28.8 Å². The van der Waals surface area contributed by atoms with Crippen LogP contribution in [0.5, 0.6) is 11.5 Å². The number of phenols is 2. The molecule has 1 unspecified atom stereocenters. The molecule has 1 aliphatic heterocycles. The van der Waals surface area contributed by atoms with E-state index in [2.05, 4.69) is 5.32 Å². The Hall–Kier alpha value is -1.09. The fourth-order valence-corrected chi connectivity index (χ4v) is 3.86. The first kappa shape index (κ1) is 21.2. The second-order valence-corrected chi connectivity index (χ2v) is 7.27. The van der Waals surface area contributed by atoms with Crippen molar-refractivity contribution in [1.82, 2.24) is 5.32 Å². The first-order chi connectivity index (χ1) is 11.8. The van der Waals surface area contributed by atoms with Gasteiger partial charge in [0.05, 0.1) is 5.02 Å². The van der Waals surface area contributed by atoms with Gasteiger partial charge in [-0.25, -0.2) is 0 Å². The Bertz CT molecular complexity index is 787. The normalized spacial score (nSPS) is 17.2. The molecule has 1 atom stereocenters. The van der Waals surface area contributed by atoms with E-state index in [0.717, 1.165) is 16.7 Å². The van der Waals surface area contributed by atoms with Crippen molar-refractivity contribution in [3.8, 4) is 11.5 Å². The standard InChI is InChI=1S/C17H15ClF3NO2S.BrH/c18-15-11-5-6-22-8-13(12(11)7-14(23)16(15)24)9-1-3-10(4-2-9)25-17(19,20)21;/h1-4,7,13,22-24H,5-6,8H2;1H. The number of hydrogen-bond donors (Lipinski definition) is 3. The zero-order valence-corrected chi connectivity index (χ0v) is 16.6. The number of fused-ring (bicyclic) bond motifs is 1. The smallest absolute Gasteiger partial charge is 0.446 e. The van der Waals surface area contributed by atoms with E-state index in [4.69, 9.17) is 11.6 Å². The minimum absolute atomic E-state index is 0. The summed E-state index contributed by atoms with van der Waals surface area (Å²) in [5, 5.41) is 23.1. The molecule has 3 rings (SSSR count). The van der Waals surface area contributed by atoms with Crippen LogP contribution in [0.15, 0.2) is 35.2 Å². The maximum Gasteiger partial charge on any atom is 0.446 e. The molecule has 26 heavy (non-hydrogen) atoms. The monoisotopic (exact) mass is 469 g/mol. The quantitative estimate of drug-likeness (QED) is 0.416. The average Bonchev–Trinajstić information content (AvgIpc) is 2.75. The highest BCUT2D eigenvalue weighted by atomic mass is 79.9. The summed E-state index contributed by atoms with van der Waals surface area (Å²) in [7, 11) is 0. The highest BCUT2D eigenvalue weighted by Gasteiger charge is 2.30. The highest BCUT2D eigenvalue weighted by Crippen LogP contribution is 2.43. The molecule has 1 aliphatic rings. The number of aromatic hydroxyl groups is 2. The van der Waals surface area contributed by atoms with Gasteiger partial charge in [0.1, 0.15) is 0 Å². The summed E-state index contributed by atoms with van der Waals surface area (Å²) in [4.78, 5) is 0.115. The molecule has 142 valence electrons. The minimum atomic E-state index is -4.32. The van der Waals surface area contributed by atoms with Crippen LogP contribution in [0, 0.1) is 0 Å². The first-order valence-electron chi connectivity index (χ1n) is 7.56. The molecule has 3 N–H and O–H groups in total. The Morgan fingerprint density at radius 2 is 1.81 bits per heavy atom. The second kappa shape index (κ2) is 8.29. The van der Waals surface area contributed by atoms with E-state index < -0.39 is 5.51 Å². The van der Waals surface area contributed by atoms with E-state index in [1.54, 1.807) is 12.1 Å². The maximum absolute atomic E-state index is 12.5. The van der Waals surface area contributed by atoms with Gasteiger partial charge in [0, 0.05) is 17.4 Å². The van der Waals surface area contributed by atoms with Crippen molar-refractivity contribution >= 4 is 40.3 Å². The number of rotatable bonds is 2. The molecule has 0 fully saturated rings. The third kappa shape index (κ3) is 4.60. The number of hydrogen-bond acceptors (Lipinski definition) is 4. The highest BCUT2D eigenvalue weighted by molar-refractivity contribution is 8.93. The lowest BCUT2D eigenvalue weighted by Crippen LogP contribution is -2.20. The molecule has 2 aromatic rings. The van der Waals surface area contributed by atoms with Gasteiger partial charge in [-0.1, -0.05) is 23.7 Å². The predicted molar refractivity (Wildman–Crippen MR) is 102 cm³/mol. The molecule has 0 saturated heterocycles. The first-order valence-corrected chi connectivity index (χ1v) is 8.75. The third-order valence-electron chi connectivity index (χ3n) is 4.15. The summed E-state index contributed by atoms with van der Waals surface area (Å²) in [5.41, 5.74) is -2.01. The van der Waals surface area contributed by atoms with Crippen molar-refractivity contribution < 1.29 is 23.4 Å². The van der Waals surface area contributed by atoms with Crippen LogP contribution in [0.2, 0.25) is 5.02 Å². The largest absolute Gasteiger partial charge is 0.504 e. The third-order valence-corrected chi connectivity index (χ3v) is 5.29. The SMILES string of the molecule is Br.Oc1cc2c(c(Cl)c1O)CCNCC2c1ccc(SC(F)(F)F)cc1. The zero-order valence-electron chi connectivity index (χ0n) is 13.3. The van der Waals surface area contributed by atoms with E-state index >= 15 is 0 Å². The minimum Gasteiger partial charge on any atom is -0.504 e. The van der Waals surface area contributed by atoms with Crippen LogP contribution >= 0.6 is 40.3 Å². The number of phenolic OH excluding ortho intramolecular Hbond substituents is 2. The lowest BCUT2D eigenvalue weighted by atomic mass is 9.87. The molecule has 0 saturated carbocycles. The van der Waals surface area contributed by atoms with Crippen molar-refractivity contribution in [2.45, 2.75) is 22.7 Å². The number of nitrogens with one attached hydrogen (secondary N) is 1. The molecule has 2 aromatic carbocycles. The molecule has 9 heteroatoms. The van der Waals surface area contributed by atoms with Crippen molar-refractivity contribution in [3.63, 3.8) is 0 Å². The lowest BCUT2D eigenvalue weighted by Gasteiger charge is -2.20. The Kier molecular flexibility index (Phi) is 6.76. The van der Waals surface area contributed by atoms with Crippen LogP contribution in [0.1, 0.15) is 22.6 Å². The Balaban J connectivity index is 0.00000243. The van der Waals surface area contributed by atoms with Crippen molar-refractivity contribution in [2.75, 3.05) is 13.1 Å². The predicted octanol–water partition coefficient (Wildman–Crippen LogP) is 5.22. The van der Waals surface area contributed by atoms with Crippen molar-refractivity contribution in [3.05, 3.63) is 52.0 Å². The van der Waals surface area contributed by atoms with E-state index in [1.807, 2.05) is 0 Å². The van der Waals surface area contributed by atoms with Gasteiger partial charge in [-0.2, -0.15) is 13.2 Å². The van der Waals surface area contributed by atoms with Crippen molar-refractivity contribution in [2.24, 2.45) is 0 Å². The number of thioether (sulfide) groups is 1. The Labute approximate surface area is 168 Å². The van der Waals surface area contributed by atoms with Gasteiger partial charge < -0.3 is 15.5 Å². The Morgan fingerprint density at radius 1 is 1.15 bits per heavy atom. The summed E-state index contributed by atoms with van der Waals surface area (Å²) in [6, 6.07) is 7.63. The molecule has 0 aliphatic carbocycles. The topological polar surface area (TPSA) is 52.5 Å². The second-order valence-electron chi connectivity index (χ2n) is 5.75. The molecular formula is C17H16BrClF3NO2S. The fraction of sp³-hybridized carbons (Fsp3) is 0.294. The van der Waals surface area contributed by atoms with E-state index in [1.165, 1.54) is 18.2 Å². The summed E-state index contributed by atoms with van der Waals surface area (Å²) in [5.74, 6) is -0.843. The van der Waals surface area contributed by atoms with Gasteiger partial charge in [0.15, 0.2) is 11.5 Å². The van der Waals surface area contributed by atoms with E-state index in [9.17, 15) is 23.4 Å². The molecule has 0 bridgehead atoms. The number of alkyl halides is 3. The number of halogens is 5. The van der Waals surface area contributed by atoms with Crippen LogP contribution in [-0.2, 0) is 6.42 Å². The molecule has 0 amide bonds. The summed E-state index contributed by atoms with van der Waals surface area (Å²) in [6.07, 6.45) is 0.584. The van der Waals surface area contributed by atoms with Gasteiger partial charge in [-0.3, -0.25) is 0 Å². The molecule has 3 nitrogen and oxygen atoms in total. The molecular weight excluding hydrogens is 455 g/mol. The zero-order chi connectivity index (χ0) is 18.2. The Morgan fingerprint density at radius 3 is 2.42 bits per heavy atom. The number of benzene rings is 2. The molecule has 0 aromatic heterocycles. The fourth-order valence-electron chi connectivity index (χ4n) is 3.02. The van der Waals surface area contributed by atoms with Gasteiger partial charge in [-0.05, 0) is 59.6 Å². The maximum atomic E-state index is 12.5.